The quantitative estimate of drug-likeness (QED) is 0.641. The van der Waals surface area contributed by atoms with Gasteiger partial charge >= 0.3 is 0 Å². The van der Waals surface area contributed by atoms with Crippen molar-refractivity contribution >= 4 is 17.0 Å². The van der Waals surface area contributed by atoms with Gasteiger partial charge in [0.25, 0.3) is 0 Å². The maximum atomic E-state index is 5.84. The highest BCUT2D eigenvalue weighted by Gasteiger charge is 2.07. The lowest BCUT2D eigenvalue weighted by molar-refractivity contribution is 0.926. The van der Waals surface area contributed by atoms with Crippen LogP contribution in [0.5, 0.6) is 0 Å². The van der Waals surface area contributed by atoms with Crippen LogP contribution in [-0.2, 0) is 7.05 Å². The number of nitrogens with two attached hydrogens (primary N) is 1. The van der Waals surface area contributed by atoms with Gasteiger partial charge < -0.3 is 10.3 Å². The number of benzene rings is 1. The summed E-state index contributed by atoms with van der Waals surface area (Å²) in [7, 11) is 1.86. The van der Waals surface area contributed by atoms with Gasteiger partial charge in [0.05, 0.1) is 6.33 Å². The number of anilines is 1. The topological polar surface area (TPSA) is 69.6 Å². The summed E-state index contributed by atoms with van der Waals surface area (Å²) in [5.41, 5.74) is 8.05. The molecule has 1 aromatic carbocycles. The molecule has 0 aliphatic carbocycles. The minimum atomic E-state index is 0.350. The van der Waals surface area contributed by atoms with Crippen molar-refractivity contribution in [2.75, 3.05) is 5.73 Å². The van der Waals surface area contributed by atoms with E-state index in [4.69, 9.17) is 5.73 Å². The molecule has 3 rings (SSSR count). The van der Waals surface area contributed by atoms with Crippen LogP contribution in [0, 0.1) is 11.8 Å². The second-order valence-corrected chi connectivity index (χ2v) is 4.08. The van der Waals surface area contributed by atoms with Crippen LogP contribution in [0.3, 0.4) is 0 Å². The molecule has 0 aliphatic rings. The molecule has 2 N–H and O–H groups in total. The molecule has 2 heterocycles. The molecule has 0 amide bonds. The van der Waals surface area contributed by atoms with E-state index in [0.29, 0.717) is 22.8 Å². The van der Waals surface area contributed by atoms with E-state index < -0.39 is 0 Å². The minimum Gasteiger partial charge on any atom is -0.382 e. The Bertz CT molecular complexity index is 794. The lowest BCUT2D eigenvalue weighted by atomic mass is 10.2. The molecular formula is C16H17N5. The van der Waals surface area contributed by atoms with Gasteiger partial charge in [-0.05, 0) is 18.1 Å². The van der Waals surface area contributed by atoms with Gasteiger partial charge in [0.15, 0.2) is 11.5 Å². The van der Waals surface area contributed by atoms with Crippen LogP contribution in [-0.4, -0.2) is 19.5 Å². The minimum absolute atomic E-state index is 0.350. The van der Waals surface area contributed by atoms with Crippen LogP contribution in [0.4, 0.5) is 5.82 Å². The van der Waals surface area contributed by atoms with Gasteiger partial charge in [-0.3, -0.25) is 0 Å². The second kappa shape index (κ2) is 6.53. The Morgan fingerprint density at radius 1 is 1.05 bits per heavy atom. The highest BCUT2D eigenvalue weighted by molar-refractivity contribution is 5.81. The van der Waals surface area contributed by atoms with Gasteiger partial charge in [0.1, 0.15) is 5.52 Å². The number of aromatic nitrogens is 4. The van der Waals surface area contributed by atoms with Crippen LogP contribution in [0.25, 0.3) is 11.2 Å². The van der Waals surface area contributed by atoms with Gasteiger partial charge in [-0.2, -0.15) is 0 Å². The predicted octanol–water partition coefficient (Wildman–Crippen LogP) is 2.37. The first-order chi connectivity index (χ1) is 10.2. The Labute approximate surface area is 123 Å². The summed E-state index contributed by atoms with van der Waals surface area (Å²) in [4.78, 5) is 12.6. The van der Waals surface area contributed by atoms with Crippen molar-refractivity contribution in [3.05, 3.63) is 48.0 Å². The highest BCUT2D eigenvalue weighted by atomic mass is 15.1. The van der Waals surface area contributed by atoms with Crippen molar-refractivity contribution in [2.24, 2.45) is 7.05 Å². The molecule has 0 radical (unpaired) electrons. The largest absolute Gasteiger partial charge is 0.382 e. The monoisotopic (exact) mass is 279 g/mol. The van der Waals surface area contributed by atoms with E-state index in [1.54, 1.807) is 10.9 Å². The van der Waals surface area contributed by atoms with E-state index in [1.807, 2.05) is 51.2 Å². The van der Waals surface area contributed by atoms with Gasteiger partial charge in [-0.1, -0.05) is 38.0 Å². The number of aryl methyl sites for hydroxylation is 1. The van der Waals surface area contributed by atoms with E-state index in [-0.39, 0.29) is 0 Å². The Morgan fingerprint density at radius 2 is 1.76 bits per heavy atom. The fourth-order valence-corrected chi connectivity index (χ4v) is 1.73. The summed E-state index contributed by atoms with van der Waals surface area (Å²) in [5.74, 6) is 6.67. The fraction of sp³-hybridized carbons (Fsp3) is 0.188. The third-order valence-electron chi connectivity index (χ3n) is 2.68. The number of hydrogen-bond acceptors (Lipinski definition) is 4. The summed E-state index contributed by atoms with van der Waals surface area (Å²) in [6.45, 7) is 4.00. The third-order valence-corrected chi connectivity index (χ3v) is 2.68. The van der Waals surface area contributed by atoms with Crippen molar-refractivity contribution in [1.82, 2.24) is 19.5 Å². The van der Waals surface area contributed by atoms with Gasteiger partial charge in [-0.15, -0.1) is 0 Å². The van der Waals surface area contributed by atoms with Crippen molar-refractivity contribution in [2.45, 2.75) is 13.8 Å². The average molecular weight is 279 g/mol. The Hall–Kier alpha value is -2.87. The summed E-state index contributed by atoms with van der Waals surface area (Å²) >= 11 is 0. The first-order valence-electron chi connectivity index (χ1n) is 6.75. The molecular weight excluding hydrogens is 262 g/mol. The van der Waals surface area contributed by atoms with E-state index in [1.165, 1.54) is 0 Å². The van der Waals surface area contributed by atoms with Gasteiger partial charge in [0.2, 0.25) is 5.82 Å². The second-order valence-electron chi connectivity index (χ2n) is 4.08. The smallest absolute Gasteiger partial charge is 0.209 e. The van der Waals surface area contributed by atoms with Crippen molar-refractivity contribution in [1.29, 1.82) is 0 Å². The molecule has 0 bridgehead atoms. The summed E-state index contributed by atoms with van der Waals surface area (Å²) in [6.07, 6.45) is 1.66. The maximum Gasteiger partial charge on any atom is 0.209 e. The molecule has 0 aliphatic heterocycles. The lowest BCUT2D eigenvalue weighted by Gasteiger charge is -1.97. The standard InChI is InChI=1S/C14H11N5.C2H6/c1-19-9-16-12-13(15)17-11(18-14(12)19)8-7-10-5-3-2-4-6-10;1-2/h2-6,9H,1H3,(H2,15,17,18);1-2H3. The molecule has 2 aromatic heterocycles. The molecule has 21 heavy (non-hydrogen) atoms. The molecule has 0 fully saturated rings. The molecule has 0 spiro atoms. The van der Waals surface area contributed by atoms with Crippen LogP contribution < -0.4 is 5.73 Å². The van der Waals surface area contributed by atoms with E-state index in [0.717, 1.165) is 5.56 Å². The molecule has 3 aromatic rings. The summed E-state index contributed by atoms with van der Waals surface area (Å²) in [6, 6.07) is 9.67. The van der Waals surface area contributed by atoms with Crippen LogP contribution in [0.1, 0.15) is 25.2 Å². The Kier molecular flexibility index (Phi) is 4.52. The number of imidazole rings is 1. The molecule has 5 nitrogen and oxygen atoms in total. The van der Waals surface area contributed by atoms with Crippen LogP contribution in [0.2, 0.25) is 0 Å². The zero-order valence-corrected chi connectivity index (χ0v) is 12.3. The number of fused-ring (bicyclic) bond motifs is 1. The van der Waals surface area contributed by atoms with Crippen molar-refractivity contribution < 1.29 is 0 Å². The molecule has 0 unspecified atom stereocenters. The zero-order chi connectivity index (χ0) is 15.2. The van der Waals surface area contributed by atoms with Crippen LogP contribution in [0.15, 0.2) is 36.7 Å². The normalized spacial score (nSPS) is 9.48. The molecule has 0 saturated heterocycles. The third kappa shape index (κ3) is 3.18. The Morgan fingerprint density at radius 3 is 2.48 bits per heavy atom. The number of nitrogens with zero attached hydrogens (tertiary/aromatic N) is 4. The highest BCUT2D eigenvalue weighted by Crippen LogP contribution is 2.14. The predicted molar refractivity (Wildman–Crippen MR) is 84.5 cm³/mol. The van der Waals surface area contributed by atoms with Gasteiger partial charge in [0, 0.05) is 12.6 Å². The van der Waals surface area contributed by atoms with E-state index in [2.05, 4.69) is 26.8 Å². The molecule has 5 heteroatoms. The average Bonchev–Trinajstić information content (AvgIpc) is 2.90. The van der Waals surface area contributed by atoms with Crippen LogP contribution >= 0.6 is 0 Å². The molecule has 0 atom stereocenters. The SMILES string of the molecule is CC.Cn1cnc2c(N)nc(C#Cc3ccccc3)nc21. The van der Waals surface area contributed by atoms with Crippen molar-refractivity contribution in [3.63, 3.8) is 0 Å². The zero-order valence-electron chi connectivity index (χ0n) is 12.3. The first-order valence-corrected chi connectivity index (χ1v) is 6.75. The number of rotatable bonds is 0. The summed E-state index contributed by atoms with van der Waals surface area (Å²) < 4.78 is 1.79. The molecule has 0 saturated carbocycles. The summed E-state index contributed by atoms with van der Waals surface area (Å²) in [5, 5.41) is 0. The van der Waals surface area contributed by atoms with E-state index in [9.17, 15) is 0 Å². The molecule has 106 valence electrons. The lowest BCUT2D eigenvalue weighted by Crippen LogP contribution is -1.99. The number of hydrogen-bond donors (Lipinski definition) is 1. The maximum absolute atomic E-state index is 5.84. The number of nitrogen functional groups attached to an aromatic ring is 1. The first kappa shape index (κ1) is 14.5. The Balaban J connectivity index is 0.000000774. The van der Waals surface area contributed by atoms with E-state index >= 15 is 0 Å². The fourth-order valence-electron chi connectivity index (χ4n) is 1.73. The van der Waals surface area contributed by atoms with Gasteiger partial charge in [-0.25, -0.2) is 15.0 Å². The van der Waals surface area contributed by atoms with Crippen molar-refractivity contribution in [3.8, 4) is 11.8 Å².